The van der Waals surface area contributed by atoms with Gasteiger partial charge in [0.05, 0.1) is 6.04 Å². The summed E-state index contributed by atoms with van der Waals surface area (Å²) in [5.41, 5.74) is 1.26. The van der Waals surface area contributed by atoms with E-state index in [0.717, 1.165) is 17.8 Å². The van der Waals surface area contributed by atoms with E-state index in [0.29, 0.717) is 19.5 Å². The maximum Gasteiger partial charge on any atom is 0.410 e. The lowest BCUT2D eigenvalue weighted by Crippen LogP contribution is -2.54. The Kier molecular flexibility index (Phi) is 3.30. The number of hydrogen-bond donors (Lipinski definition) is 0. The standard InChI is InChI=1S/C16H21FN2O2/c1-16(2,3)21-15(20)18-7-8-19-11(10-18)9-12-13(17)5-4-6-14(12)19/h4-6,11H,7-10H2,1-3H3. The molecule has 2 aliphatic heterocycles. The van der Waals surface area contributed by atoms with E-state index < -0.39 is 5.60 Å². The van der Waals surface area contributed by atoms with Crippen LogP contribution in [0.4, 0.5) is 14.9 Å². The van der Waals surface area contributed by atoms with Crippen LogP contribution in [0.2, 0.25) is 0 Å². The molecule has 1 unspecified atom stereocenters. The lowest BCUT2D eigenvalue weighted by atomic mass is 10.1. The SMILES string of the molecule is CC(C)(C)OC(=O)N1CCN2c3cccc(F)c3CC2C1. The molecule has 0 N–H and O–H groups in total. The van der Waals surface area contributed by atoms with Gasteiger partial charge in [-0.1, -0.05) is 6.07 Å². The molecule has 2 heterocycles. The molecule has 1 atom stereocenters. The molecule has 0 spiro atoms. The molecule has 1 fully saturated rings. The minimum absolute atomic E-state index is 0.147. The van der Waals surface area contributed by atoms with Crippen molar-refractivity contribution >= 4 is 11.8 Å². The van der Waals surface area contributed by atoms with E-state index in [4.69, 9.17) is 4.74 Å². The fraction of sp³-hybridized carbons (Fsp3) is 0.562. The van der Waals surface area contributed by atoms with E-state index >= 15 is 0 Å². The summed E-state index contributed by atoms with van der Waals surface area (Å²) in [7, 11) is 0. The van der Waals surface area contributed by atoms with Crippen molar-refractivity contribution in [1.29, 1.82) is 0 Å². The first-order valence-electron chi connectivity index (χ1n) is 7.37. The number of amides is 1. The number of ether oxygens (including phenoxy) is 1. The molecule has 1 aromatic rings. The van der Waals surface area contributed by atoms with E-state index in [1.165, 1.54) is 6.07 Å². The smallest absolute Gasteiger partial charge is 0.410 e. The number of piperazine rings is 1. The Labute approximate surface area is 124 Å². The Bertz CT molecular complexity index is 568. The van der Waals surface area contributed by atoms with Gasteiger partial charge in [0, 0.05) is 30.9 Å². The molecule has 5 heteroatoms. The van der Waals surface area contributed by atoms with E-state index in [9.17, 15) is 9.18 Å². The third-order valence-corrected chi connectivity index (χ3v) is 3.98. The number of rotatable bonds is 0. The predicted molar refractivity (Wildman–Crippen MR) is 79.0 cm³/mol. The van der Waals surface area contributed by atoms with Crippen LogP contribution in [0, 0.1) is 5.82 Å². The van der Waals surface area contributed by atoms with E-state index in [1.54, 1.807) is 11.0 Å². The van der Waals surface area contributed by atoms with Crippen LogP contribution in [0.5, 0.6) is 0 Å². The highest BCUT2D eigenvalue weighted by molar-refractivity contribution is 5.70. The molecule has 1 saturated heterocycles. The third kappa shape index (κ3) is 2.69. The minimum Gasteiger partial charge on any atom is -0.444 e. The summed E-state index contributed by atoms with van der Waals surface area (Å²) in [6, 6.07) is 5.36. The fourth-order valence-electron chi connectivity index (χ4n) is 3.09. The van der Waals surface area contributed by atoms with E-state index in [-0.39, 0.29) is 18.0 Å². The summed E-state index contributed by atoms with van der Waals surface area (Å²) in [6.07, 6.45) is 0.375. The van der Waals surface area contributed by atoms with Gasteiger partial charge in [-0.25, -0.2) is 9.18 Å². The molecule has 1 aromatic carbocycles. The lowest BCUT2D eigenvalue weighted by Gasteiger charge is -2.39. The Hall–Kier alpha value is -1.78. The molecule has 0 saturated carbocycles. The Morgan fingerprint density at radius 2 is 2.10 bits per heavy atom. The van der Waals surface area contributed by atoms with Gasteiger partial charge in [0.25, 0.3) is 0 Å². The Morgan fingerprint density at radius 3 is 2.81 bits per heavy atom. The molecular weight excluding hydrogens is 271 g/mol. The van der Waals surface area contributed by atoms with Crippen LogP contribution in [0.1, 0.15) is 26.3 Å². The number of carbonyl (C=O) groups is 1. The molecule has 2 aliphatic rings. The number of halogens is 1. The van der Waals surface area contributed by atoms with Crippen molar-refractivity contribution in [3.8, 4) is 0 Å². The fourth-order valence-corrected chi connectivity index (χ4v) is 3.09. The van der Waals surface area contributed by atoms with Crippen LogP contribution in [-0.2, 0) is 11.2 Å². The number of benzene rings is 1. The summed E-state index contributed by atoms with van der Waals surface area (Å²) >= 11 is 0. The number of fused-ring (bicyclic) bond motifs is 3. The van der Waals surface area contributed by atoms with Crippen molar-refractivity contribution in [2.24, 2.45) is 0 Å². The van der Waals surface area contributed by atoms with Gasteiger partial charge in [-0.15, -0.1) is 0 Å². The van der Waals surface area contributed by atoms with Gasteiger partial charge in [0.1, 0.15) is 11.4 Å². The van der Waals surface area contributed by atoms with Crippen molar-refractivity contribution in [3.63, 3.8) is 0 Å². The van der Waals surface area contributed by atoms with Crippen molar-refractivity contribution < 1.29 is 13.9 Å². The molecule has 1 amide bonds. The average Bonchev–Trinajstić information content (AvgIpc) is 2.76. The Morgan fingerprint density at radius 1 is 1.33 bits per heavy atom. The highest BCUT2D eigenvalue weighted by Crippen LogP contribution is 2.35. The monoisotopic (exact) mass is 292 g/mol. The second-order valence-electron chi connectivity index (χ2n) is 6.72. The van der Waals surface area contributed by atoms with Gasteiger partial charge in [-0.3, -0.25) is 0 Å². The van der Waals surface area contributed by atoms with Crippen LogP contribution in [0.25, 0.3) is 0 Å². The summed E-state index contributed by atoms with van der Waals surface area (Å²) in [5.74, 6) is -0.147. The normalized spacial score (nSPS) is 21.0. The molecule has 4 nitrogen and oxygen atoms in total. The van der Waals surface area contributed by atoms with Crippen molar-refractivity contribution in [1.82, 2.24) is 4.90 Å². The van der Waals surface area contributed by atoms with Crippen LogP contribution >= 0.6 is 0 Å². The van der Waals surface area contributed by atoms with Crippen molar-refractivity contribution in [2.75, 3.05) is 24.5 Å². The largest absolute Gasteiger partial charge is 0.444 e. The highest BCUT2D eigenvalue weighted by Gasteiger charge is 2.37. The molecule has 0 aliphatic carbocycles. The van der Waals surface area contributed by atoms with Crippen molar-refractivity contribution in [2.45, 2.75) is 38.8 Å². The average molecular weight is 292 g/mol. The topological polar surface area (TPSA) is 32.8 Å². The molecule has 0 aromatic heterocycles. The summed E-state index contributed by atoms with van der Waals surface area (Å²) in [4.78, 5) is 16.1. The summed E-state index contributed by atoms with van der Waals surface area (Å²) in [5, 5.41) is 0. The van der Waals surface area contributed by atoms with Gasteiger partial charge in [0.2, 0.25) is 0 Å². The van der Waals surface area contributed by atoms with Crippen LogP contribution in [0.15, 0.2) is 18.2 Å². The summed E-state index contributed by atoms with van der Waals surface area (Å²) in [6.45, 7) is 7.51. The molecule has 0 radical (unpaired) electrons. The highest BCUT2D eigenvalue weighted by atomic mass is 19.1. The first-order valence-corrected chi connectivity index (χ1v) is 7.37. The maximum atomic E-state index is 13.9. The molecule has 21 heavy (non-hydrogen) atoms. The predicted octanol–water partition coefficient (Wildman–Crippen LogP) is 2.81. The molecule has 3 rings (SSSR count). The number of hydrogen-bond acceptors (Lipinski definition) is 3. The zero-order chi connectivity index (χ0) is 15.2. The Balaban J connectivity index is 1.72. The van der Waals surface area contributed by atoms with E-state index in [2.05, 4.69) is 4.90 Å². The molecule has 114 valence electrons. The van der Waals surface area contributed by atoms with Crippen LogP contribution in [0.3, 0.4) is 0 Å². The van der Waals surface area contributed by atoms with Gasteiger partial charge in [-0.05, 0) is 39.3 Å². The van der Waals surface area contributed by atoms with Crippen LogP contribution in [-0.4, -0.2) is 42.3 Å². The quantitative estimate of drug-likeness (QED) is 0.737. The molecular formula is C16H21FN2O2. The number of carbonyl (C=O) groups excluding carboxylic acids is 1. The second-order valence-corrected chi connectivity index (χ2v) is 6.72. The number of anilines is 1. The minimum atomic E-state index is -0.487. The van der Waals surface area contributed by atoms with Crippen LogP contribution < -0.4 is 4.90 Å². The van der Waals surface area contributed by atoms with Gasteiger partial charge in [0.15, 0.2) is 0 Å². The van der Waals surface area contributed by atoms with Gasteiger partial charge in [-0.2, -0.15) is 0 Å². The maximum absolute atomic E-state index is 13.9. The molecule has 0 bridgehead atoms. The summed E-state index contributed by atoms with van der Waals surface area (Å²) < 4.78 is 19.3. The zero-order valence-electron chi connectivity index (χ0n) is 12.7. The number of nitrogens with zero attached hydrogens (tertiary/aromatic N) is 2. The van der Waals surface area contributed by atoms with Crippen molar-refractivity contribution in [3.05, 3.63) is 29.6 Å². The first kappa shape index (κ1) is 14.2. The van der Waals surface area contributed by atoms with E-state index in [1.807, 2.05) is 26.8 Å². The lowest BCUT2D eigenvalue weighted by molar-refractivity contribution is 0.0217. The second kappa shape index (κ2) is 4.90. The third-order valence-electron chi connectivity index (χ3n) is 3.98. The van der Waals surface area contributed by atoms with Gasteiger partial charge >= 0.3 is 6.09 Å². The zero-order valence-corrected chi connectivity index (χ0v) is 12.7. The van der Waals surface area contributed by atoms with Gasteiger partial charge < -0.3 is 14.5 Å². The first-order chi connectivity index (χ1) is 9.85.